The fourth-order valence-corrected chi connectivity index (χ4v) is 3.01. The fourth-order valence-electron chi connectivity index (χ4n) is 3.01. The molecular weight excluding hydrogens is 240 g/mol. The first-order valence-corrected chi connectivity index (χ1v) is 7.20. The number of ether oxygens (including phenoxy) is 1. The lowest BCUT2D eigenvalue weighted by atomic mass is 9.95. The average Bonchev–Trinajstić information content (AvgIpc) is 2.47. The first kappa shape index (κ1) is 12.8. The van der Waals surface area contributed by atoms with E-state index in [1.807, 2.05) is 0 Å². The Balaban J connectivity index is 1.92. The Kier molecular flexibility index (Phi) is 3.66. The third-order valence-corrected chi connectivity index (χ3v) is 4.14. The van der Waals surface area contributed by atoms with Gasteiger partial charge in [0, 0.05) is 24.3 Å². The predicted octanol–water partition coefficient (Wildman–Crippen LogP) is 0.908. The van der Waals surface area contributed by atoms with Crippen LogP contribution in [0.2, 0.25) is 0 Å². The van der Waals surface area contributed by atoms with Crippen LogP contribution in [-0.2, 0) is 17.6 Å². The number of anilines is 1. The van der Waals surface area contributed by atoms with E-state index in [0.717, 1.165) is 31.8 Å². The Bertz CT molecular complexity index is 451. The lowest BCUT2D eigenvalue weighted by molar-refractivity contribution is 0.0279. The molecule has 1 aliphatic carbocycles. The summed E-state index contributed by atoms with van der Waals surface area (Å²) in [6.07, 6.45) is 6.50. The minimum absolute atomic E-state index is 0.116. The van der Waals surface area contributed by atoms with Gasteiger partial charge in [-0.05, 0) is 32.6 Å². The number of hydrogen-bond donors (Lipinski definition) is 1. The van der Waals surface area contributed by atoms with Gasteiger partial charge in [-0.2, -0.15) is 0 Å². The zero-order chi connectivity index (χ0) is 13.2. The van der Waals surface area contributed by atoms with Crippen LogP contribution in [0.1, 0.15) is 31.0 Å². The number of nitrogens with two attached hydrogens (primary N) is 1. The van der Waals surface area contributed by atoms with Crippen LogP contribution in [0.3, 0.4) is 0 Å². The van der Waals surface area contributed by atoms with Crippen LogP contribution < -0.4 is 10.6 Å². The highest BCUT2D eigenvalue weighted by Crippen LogP contribution is 2.29. The number of aryl methyl sites for hydroxylation is 1. The van der Waals surface area contributed by atoms with Crippen LogP contribution in [0.15, 0.2) is 6.33 Å². The maximum absolute atomic E-state index is 5.74. The first-order valence-electron chi connectivity index (χ1n) is 7.20. The predicted molar refractivity (Wildman–Crippen MR) is 74.3 cm³/mol. The number of fused-ring (bicyclic) bond motifs is 1. The van der Waals surface area contributed by atoms with Gasteiger partial charge in [0.1, 0.15) is 12.1 Å². The maximum atomic E-state index is 5.74. The van der Waals surface area contributed by atoms with Crippen LogP contribution in [-0.4, -0.2) is 41.8 Å². The molecule has 3 rings (SSSR count). The molecule has 1 fully saturated rings. The van der Waals surface area contributed by atoms with E-state index in [9.17, 15) is 0 Å². The summed E-state index contributed by atoms with van der Waals surface area (Å²) in [4.78, 5) is 11.4. The Labute approximate surface area is 114 Å². The third-order valence-electron chi connectivity index (χ3n) is 4.14. The molecule has 1 aliphatic heterocycles. The number of aromatic nitrogens is 2. The molecule has 0 spiro atoms. The van der Waals surface area contributed by atoms with Crippen molar-refractivity contribution in [1.82, 2.24) is 9.97 Å². The minimum Gasteiger partial charge on any atom is -0.373 e. The summed E-state index contributed by atoms with van der Waals surface area (Å²) >= 11 is 0. The Morgan fingerprint density at radius 3 is 3.05 bits per heavy atom. The third kappa shape index (κ3) is 2.44. The number of rotatable bonds is 2. The normalized spacial score (nSPS) is 27.2. The molecule has 19 heavy (non-hydrogen) atoms. The van der Waals surface area contributed by atoms with Crippen molar-refractivity contribution in [3.05, 3.63) is 17.6 Å². The molecule has 2 heterocycles. The molecule has 0 aromatic carbocycles. The van der Waals surface area contributed by atoms with Gasteiger partial charge >= 0.3 is 0 Å². The van der Waals surface area contributed by atoms with Crippen molar-refractivity contribution >= 4 is 5.82 Å². The summed E-state index contributed by atoms with van der Waals surface area (Å²) in [5, 5.41) is 0. The second kappa shape index (κ2) is 5.43. The molecule has 1 aromatic rings. The number of nitrogens with zero attached hydrogens (tertiary/aromatic N) is 3. The fraction of sp³-hybridized carbons (Fsp3) is 0.714. The van der Waals surface area contributed by atoms with E-state index in [2.05, 4.69) is 21.8 Å². The highest BCUT2D eigenvalue weighted by atomic mass is 16.5. The molecule has 0 bridgehead atoms. The summed E-state index contributed by atoms with van der Waals surface area (Å²) in [5.74, 6) is 1.11. The topological polar surface area (TPSA) is 64.3 Å². The molecule has 1 aromatic heterocycles. The average molecular weight is 262 g/mol. The zero-order valence-corrected chi connectivity index (χ0v) is 11.5. The van der Waals surface area contributed by atoms with E-state index >= 15 is 0 Å². The lowest BCUT2D eigenvalue weighted by Gasteiger charge is -2.39. The number of morpholine rings is 1. The summed E-state index contributed by atoms with van der Waals surface area (Å²) in [6.45, 7) is 4.31. The van der Waals surface area contributed by atoms with Crippen molar-refractivity contribution in [2.75, 3.05) is 24.6 Å². The molecule has 0 radical (unpaired) electrons. The second-order valence-corrected chi connectivity index (χ2v) is 5.52. The van der Waals surface area contributed by atoms with Gasteiger partial charge in [0.25, 0.3) is 0 Å². The van der Waals surface area contributed by atoms with E-state index in [-0.39, 0.29) is 6.10 Å². The molecular formula is C14H22N4O. The maximum Gasteiger partial charge on any atom is 0.135 e. The quantitative estimate of drug-likeness (QED) is 0.858. The first-order chi connectivity index (χ1) is 9.29. The molecule has 0 amide bonds. The molecule has 2 aliphatic rings. The summed E-state index contributed by atoms with van der Waals surface area (Å²) in [7, 11) is 0. The van der Waals surface area contributed by atoms with Gasteiger partial charge in [0.15, 0.2) is 0 Å². The van der Waals surface area contributed by atoms with Gasteiger partial charge in [0.05, 0.1) is 18.8 Å². The van der Waals surface area contributed by atoms with Gasteiger partial charge in [-0.1, -0.05) is 0 Å². The zero-order valence-electron chi connectivity index (χ0n) is 11.5. The highest BCUT2D eigenvalue weighted by Gasteiger charge is 2.29. The van der Waals surface area contributed by atoms with Crippen LogP contribution in [0.4, 0.5) is 5.82 Å². The summed E-state index contributed by atoms with van der Waals surface area (Å²) in [6, 6.07) is 0.351. The van der Waals surface area contributed by atoms with Crippen molar-refractivity contribution in [3.8, 4) is 0 Å². The van der Waals surface area contributed by atoms with E-state index in [1.165, 1.54) is 24.1 Å². The summed E-state index contributed by atoms with van der Waals surface area (Å²) < 4.78 is 5.73. The van der Waals surface area contributed by atoms with Crippen molar-refractivity contribution in [2.24, 2.45) is 5.73 Å². The van der Waals surface area contributed by atoms with E-state index < -0.39 is 0 Å². The molecule has 0 saturated carbocycles. The van der Waals surface area contributed by atoms with E-state index in [0.29, 0.717) is 12.6 Å². The molecule has 1 saturated heterocycles. The van der Waals surface area contributed by atoms with Crippen molar-refractivity contribution in [2.45, 2.75) is 44.8 Å². The molecule has 104 valence electrons. The van der Waals surface area contributed by atoms with Gasteiger partial charge in [-0.25, -0.2) is 9.97 Å². The van der Waals surface area contributed by atoms with Crippen LogP contribution in [0.5, 0.6) is 0 Å². The molecule has 2 atom stereocenters. The van der Waals surface area contributed by atoms with Gasteiger partial charge < -0.3 is 15.4 Å². The summed E-state index contributed by atoms with van der Waals surface area (Å²) in [5.41, 5.74) is 8.32. The monoisotopic (exact) mass is 262 g/mol. The minimum atomic E-state index is 0.116. The Hall–Kier alpha value is -1.20. The highest BCUT2D eigenvalue weighted by molar-refractivity contribution is 5.50. The molecule has 2 N–H and O–H groups in total. The van der Waals surface area contributed by atoms with E-state index in [1.54, 1.807) is 6.33 Å². The van der Waals surface area contributed by atoms with Crippen molar-refractivity contribution in [3.63, 3.8) is 0 Å². The molecule has 5 nitrogen and oxygen atoms in total. The number of hydrogen-bond acceptors (Lipinski definition) is 5. The van der Waals surface area contributed by atoms with Crippen LogP contribution in [0.25, 0.3) is 0 Å². The molecule has 2 unspecified atom stereocenters. The second-order valence-electron chi connectivity index (χ2n) is 5.52. The lowest BCUT2D eigenvalue weighted by Crippen LogP contribution is -2.51. The molecule has 5 heteroatoms. The Morgan fingerprint density at radius 1 is 1.37 bits per heavy atom. The van der Waals surface area contributed by atoms with Crippen LogP contribution in [0, 0.1) is 0 Å². The largest absolute Gasteiger partial charge is 0.373 e. The van der Waals surface area contributed by atoms with Crippen LogP contribution >= 0.6 is 0 Å². The van der Waals surface area contributed by atoms with Crippen molar-refractivity contribution in [1.29, 1.82) is 0 Å². The Morgan fingerprint density at radius 2 is 2.21 bits per heavy atom. The smallest absolute Gasteiger partial charge is 0.135 e. The van der Waals surface area contributed by atoms with Gasteiger partial charge in [-0.15, -0.1) is 0 Å². The van der Waals surface area contributed by atoms with Gasteiger partial charge in [0.2, 0.25) is 0 Å². The SMILES string of the molecule is CC1COC(CN)CN1c1ncnc2c1CCCC2. The van der Waals surface area contributed by atoms with Gasteiger partial charge in [-0.3, -0.25) is 0 Å². The van der Waals surface area contributed by atoms with E-state index in [4.69, 9.17) is 10.5 Å². The van der Waals surface area contributed by atoms with Crippen molar-refractivity contribution < 1.29 is 4.74 Å². The standard InChI is InChI=1S/C14H22N4O/c1-10-8-19-11(6-15)7-18(10)14-12-4-2-3-5-13(12)16-9-17-14/h9-11H,2-8,15H2,1H3.